The smallest absolute Gasteiger partial charge is 0.412 e. The summed E-state index contributed by atoms with van der Waals surface area (Å²) in [4.78, 5) is 14.0. The fraction of sp³-hybridized carbons (Fsp3) is 0.588. The molecule has 0 aliphatic carbocycles. The summed E-state index contributed by atoms with van der Waals surface area (Å²) in [5.41, 5.74) is -0.431. The summed E-state index contributed by atoms with van der Waals surface area (Å²) in [5, 5.41) is 10.6. The molecular weight excluding hydrogens is 282 g/mol. The SMILES string of the molecule is CC(C)(C)OC(=O)N1[C@H]([C@@H](O)c2ccccc2)OCC1(C)C. The van der Waals surface area contributed by atoms with E-state index in [0.29, 0.717) is 12.2 Å². The number of carbonyl (C=O) groups excluding carboxylic acids is 1. The van der Waals surface area contributed by atoms with Crippen LogP contribution < -0.4 is 0 Å². The van der Waals surface area contributed by atoms with Gasteiger partial charge in [-0.05, 0) is 40.2 Å². The second-order valence-corrected chi connectivity index (χ2v) is 7.22. The Kier molecular flexibility index (Phi) is 4.49. The highest BCUT2D eigenvalue weighted by molar-refractivity contribution is 5.70. The van der Waals surface area contributed by atoms with Crippen LogP contribution in [0.15, 0.2) is 30.3 Å². The maximum absolute atomic E-state index is 12.5. The van der Waals surface area contributed by atoms with Gasteiger partial charge in [-0.25, -0.2) is 4.79 Å². The van der Waals surface area contributed by atoms with Crippen LogP contribution in [0.1, 0.15) is 46.3 Å². The van der Waals surface area contributed by atoms with E-state index in [-0.39, 0.29) is 0 Å². The van der Waals surface area contributed by atoms with Crippen molar-refractivity contribution in [3.8, 4) is 0 Å². The van der Waals surface area contributed by atoms with Gasteiger partial charge in [0.05, 0.1) is 12.1 Å². The molecule has 0 bridgehead atoms. The van der Waals surface area contributed by atoms with Crippen LogP contribution in [0.2, 0.25) is 0 Å². The van der Waals surface area contributed by atoms with E-state index in [1.807, 2.05) is 65.0 Å². The average Bonchev–Trinajstić information content (AvgIpc) is 2.72. The Morgan fingerprint density at radius 2 is 1.95 bits per heavy atom. The predicted octanol–water partition coefficient (Wildman–Crippen LogP) is 3.09. The van der Waals surface area contributed by atoms with Gasteiger partial charge in [0, 0.05) is 0 Å². The van der Waals surface area contributed by atoms with Crippen LogP contribution in [0.4, 0.5) is 4.79 Å². The Hall–Kier alpha value is -1.59. The Bertz CT molecular complexity index is 521. The molecule has 1 fully saturated rings. The number of nitrogens with zero attached hydrogens (tertiary/aromatic N) is 1. The van der Waals surface area contributed by atoms with Crippen molar-refractivity contribution in [2.24, 2.45) is 0 Å². The van der Waals surface area contributed by atoms with Crippen LogP contribution in [0.5, 0.6) is 0 Å². The summed E-state index contributed by atoms with van der Waals surface area (Å²) in [7, 11) is 0. The molecule has 1 saturated heterocycles. The monoisotopic (exact) mass is 307 g/mol. The third-order valence-corrected chi connectivity index (χ3v) is 3.52. The summed E-state index contributed by atoms with van der Waals surface area (Å²) in [6.07, 6.45) is -2.15. The van der Waals surface area contributed by atoms with E-state index in [4.69, 9.17) is 9.47 Å². The molecule has 1 N–H and O–H groups in total. The maximum Gasteiger partial charge on any atom is 0.412 e. The van der Waals surface area contributed by atoms with E-state index < -0.39 is 29.6 Å². The maximum atomic E-state index is 12.5. The lowest BCUT2D eigenvalue weighted by Crippen LogP contribution is -2.51. The molecule has 1 aromatic carbocycles. The van der Waals surface area contributed by atoms with Crippen molar-refractivity contribution in [3.05, 3.63) is 35.9 Å². The number of hydrogen-bond acceptors (Lipinski definition) is 4. The van der Waals surface area contributed by atoms with E-state index in [1.165, 1.54) is 4.90 Å². The molecule has 1 aromatic rings. The molecule has 0 saturated carbocycles. The number of rotatable bonds is 2. The first kappa shape index (κ1) is 16.8. The van der Waals surface area contributed by atoms with Gasteiger partial charge in [-0.3, -0.25) is 4.90 Å². The second-order valence-electron chi connectivity index (χ2n) is 7.22. The van der Waals surface area contributed by atoms with Gasteiger partial charge < -0.3 is 14.6 Å². The van der Waals surface area contributed by atoms with Gasteiger partial charge in [-0.2, -0.15) is 0 Å². The number of benzene rings is 1. The minimum atomic E-state index is -0.921. The minimum Gasteiger partial charge on any atom is -0.444 e. The molecule has 1 aliphatic heterocycles. The number of carbonyl (C=O) groups is 1. The molecule has 5 heteroatoms. The lowest BCUT2D eigenvalue weighted by molar-refractivity contribution is -0.0750. The number of hydrogen-bond donors (Lipinski definition) is 1. The van der Waals surface area contributed by atoms with E-state index >= 15 is 0 Å². The zero-order valence-corrected chi connectivity index (χ0v) is 13.9. The van der Waals surface area contributed by atoms with Gasteiger partial charge in [-0.15, -0.1) is 0 Å². The summed E-state index contributed by atoms with van der Waals surface area (Å²) >= 11 is 0. The number of aliphatic hydroxyl groups excluding tert-OH is 1. The first-order chi connectivity index (χ1) is 10.1. The third-order valence-electron chi connectivity index (χ3n) is 3.52. The topological polar surface area (TPSA) is 59.0 Å². The number of ether oxygens (including phenoxy) is 2. The molecule has 1 heterocycles. The predicted molar refractivity (Wildman–Crippen MR) is 83.3 cm³/mol. The Labute approximate surface area is 131 Å². The minimum absolute atomic E-state index is 0.348. The molecule has 1 amide bonds. The van der Waals surface area contributed by atoms with Crippen LogP contribution in [-0.2, 0) is 9.47 Å². The highest BCUT2D eigenvalue weighted by atomic mass is 16.6. The molecule has 22 heavy (non-hydrogen) atoms. The molecule has 0 radical (unpaired) electrons. The zero-order chi connectivity index (χ0) is 16.5. The normalized spacial score (nSPS) is 22.5. The molecule has 122 valence electrons. The third kappa shape index (κ3) is 3.59. The highest BCUT2D eigenvalue weighted by Crippen LogP contribution is 2.35. The van der Waals surface area contributed by atoms with Crippen LogP contribution in [0, 0.1) is 0 Å². The van der Waals surface area contributed by atoms with Crippen molar-refractivity contribution >= 4 is 6.09 Å². The molecule has 2 rings (SSSR count). The molecule has 0 spiro atoms. The summed E-state index contributed by atoms with van der Waals surface area (Å²) in [5.74, 6) is 0. The van der Waals surface area contributed by atoms with Crippen LogP contribution in [0.25, 0.3) is 0 Å². The van der Waals surface area contributed by atoms with Gasteiger partial charge in [0.1, 0.15) is 11.7 Å². The first-order valence-electron chi connectivity index (χ1n) is 7.49. The van der Waals surface area contributed by atoms with Crippen LogP contribution in [0.3, 0.4) is 0 Å². The van der Waals surface area contributed by atoms with Crippen molar-refractivity contribution in [3.63, 3.8) is 0 Å². The quantitative estimate of drug-likeness (QED) is 0.912. The van der Waals surface area contributed by atoms with Gasteiger partial charge >= 0.3 is 6.09 Å². The highest BCUT2D eigenvalue weighted by Gasteiger charge is 2.48. The Balaban J connectivity index is 2.25. The lowest BCUT2D eigenvalue weighted by atomic mass is 10.0. The van der Waals surface area contributed by atoms with E-state index in [1.54, 1.807) is 0 Å². The summed E-state index contributed by atoms with van der Waals surface area (Å²) < 4.78 is 11.2. The van der Waals surface area contributed by atoms with Gasteiger partial charge in [0.2, 0.25) is 0 Å². The van der Waals surface area contributed by atoms with E-state index in [0.717, 1.165) is 0 Å². The van der Waals surface area contributed by atoms with Crippen molar-refractivity contribution in [1.82, 2.24) is 4.90 Å². The largest absolute Gasteiger partial charge is 0.444 e. The fourth-order valence-electron chi connectivity index (χ4n) is 2.49. The van der Waals surface area contributed by atoms with Crippen LogP contribution in [-0.4, -0.2) is 40.1 Å². The van der Waals surface area contributed by atoms with Crippen molar-refractivity contribution < 1.29 is 19.4 Å². The van der Waals surface area contributed by atoms with E-state index in [9.17, 15) is 9.90 Å². The van der Waals surface area contributed by atoms with Crippen LogP contribution >= 0.6 is 0 Å². The summed E-state index contributed by atoms with van der Waals surface area (Å²) in [6.45, 7) is 9.59. The standard InChI is InChI=1S/C17H25NO4/c1-16(2,3)22-15(20)18-14(21-11-17(18,4)5)13(19)12-9-7-6-8-10-12/h6-10,13-14,19H,11H2,1-5H3/t13-,14-/m0/s1. The van der Waals surface area contributed by atoms with Gasteiger partial charge in [0.15, 0.2) is 6.23 Å². The Morgan fingerprint density at radius 3 is 2.50 bits per heavy atom. The van der Waals surface area contributed by atoms with Crippen molar-refractivity contribution in [2.45, 2.75) is 58.1 Å². The summed E-state index contributed by atoms with van der Waals surface area (Å²) in [6, 6.07) is 9.19. The molecule has 0 aromatic heterocycles. The van der Waals surface area contributed by atoms with Gasteiger partial charge in [0.25, 0.3) is 0 Å². The zero-order valence-electron chi connectivity index (χ0n) is 13.9. The molecule has 0 unspecified atom stereocenters. The molecular formula is C17H25NO4. The second kappa shape index (κ2) is 5.89. The Morgan fingerprint density at radius 1 is 1.36 bits per heavy atom. The molecule has 2 atom stereocenters. The lowest BCUT2D eigenvalue weighted by Gasteiger charge is -2.36. The molecule has 5 nitrogen and oxygen atoms in total. The number of aliphatic hydroxyl groups is 1. The fourth-order valence-corrected chi connectivity index (χ4v) is 2.49. The van der Waals surface area contributed by atoms with Gasteiger partial charge in [-0.1, -0.05) is 30.3 Å². The van der Waals surface area contributed by atoms with Crippen molar-refractivity contribution in [1.29, 1.82) is 0 Å². The van der Waals surface area contributed by atoms with Crippen molar-refractivity contribution in [2.75, 3.05) is 6.61 Å². The first-order valence-corrected chi connectivity index (χ1v) is 7.49. The average molecular weight is 307 g/mol. The van der Waals surface area contributed by atoms with E-state index in [2.05, 4.69) is 0 Å². The number of amides is 1. The molecule has 1 aliphatic rings.